The maximum atomic E-state index is 9.47. The van der Waals surface area contributed by atoms with Crippen molar-refractivity contribution in [1.29, 1.82) is 0 Å². The standard InChI is InChI=1S/C11H16O3/c1-8(2)10(13)7-14-11-6-4-3-5-9(11)12/h3-6,8,10,12-13H,7H2,1-2H3. The first-order valence-electron chi connectivity index (χ1n) is 4.70. The van der Waals surface area contributed by atoms with Crippen LogP contribution in [-0.2, 0) is 0 Å². The van der Waals surface area contributed by atoms with Gasteiger partial charge in [-0.05, 0) is 18.1 Å². The first-order valence-corrected chi connectivity index (χ1v) is 4.70. The van der Waals surface area contributed by atoms with E-state index >= 15 is 0 Å². The Bertz CT molecular complexity index is 284. The van der Waals surface area contributed by atoms with Gasteiger partial charge in [0.25, 0.3) is 0 Å². The third-order valence-corrected chi connectivity index (χ3v) is 2.04. The zero-order valence-electron chi connectivity index (χ0n) is 8.47. The summed E-state index contributed by atoms with van der Waals surface area (Å²) >= 11 is 0. The van der Waals surface area contributed by atoms with Crippen molar-refractivity contribution in [3.05, 3.63) is 24.3 Å². The molecule has 2 N–H and O–H groups in total. The third-order valence-electron chi connectivity index (χ3n) is 2.04. The Morgan fingerprint density at radius 1 is 1.29 bits per heavy atom. The lowest BCUT2D eigenvalue weighted by atomic mass is 10.1. The van der Waals surface area contributed by atoms with Crippen LogP contribution in [0.2, 0.25) is 0 Å². The molecule has 1 unspecified atom stereocenters. The highest BCUT2D eigenvalue weighted by molar-refractivity contribution is 5.37. The van der Waals surface area contributed by atoms with Gasteiger partial charge in [-0.1, -0.05) is 26.0 Å². The van der Waals surface area contributed by atoms with Gasteiger partial charge in [-0.3, -0.25) is 0 Å². The second-order valence-electron chi connectivity index (χ2n) is 3.59. The van der Waals surface area contributed by atoms with Crippen LogP contribution in [0, 0.1) is 5.92 Å². The van der Waals surface area contributed by atoms with Gasteiger partial charge in [0.05, 0.1) is 6.10 Å². The van der Waals surface area contributed by atoms with Gasteiger partial charge in [-0.25, -0.2) is 0 Å². The summed E-state index contributed by atoms with van der Waals surface area (Å²) in [6.07, 6.45) is -0.505. The molecule has 0 aliphatic carbocycles. The fourth-order valence-corrected chi connectivity index (χ4v) is 0.947. The van der Waals surface area contributed by atoms with Crippen LogP contribution in [0.15, 0.2) is 24.3 Å². The molecule has 3 heteroatoms. The zero-order valence-corrected chi connectivity index (χ0v) is 8.47. The predicted molar refractivity (Wildman–Crippen MR) is 54.4 cm³/mol. The monoisotopic (exact) mass is 196 g/mol. The summed E-state index contributed by atoms with van der Waals surface area (Å²) in [6.45, 7) is 4.03. The molecule has 0 fully saturated rings. The number of hydrogen-bond acceptors (Lipinski definition) is 3. The molecular formula is C11H16O3. The molecule has 0 aromatic heterocycles. The Morgan fingerprint density at radius 3 is 2.50 bits per heavy atom. The maximum Gasteiger partial charge on any atom is 0.161 e. The lowest BCUT2D eigenvalue weighted by Gasteiger charge is -2.15. The molecule has 78 valence electrons. The van der Waals surface area contributed by atoms with E-state index in [1.165, 1.54) is 0 Å². The average molecular weight is 196 g/mol. The van der Waals surface area contributed by atoms with Crippen molar-refractivity contribution in [2.24, 2.45) is 5.92 Å². The molecule has 0 aliphatic rings. The number of para-hydroxylation sites is 2. The first-order chi connectivity index (χ1) is 6.61. The Balaban J connectivity index is 2.50. The van der Waals surface area contributed by atoms with E-state index in [4.69, 9.17) is 4.74 Å². The second kappa shape index (κ2) is 4.86. The summed E-state index contributed by atoms with van der Waals surface area (Å²) in [6, 6.07) is 6.72. The molecule has 0 heterocycles. The molecule has 0 spiro atoms. The molecule has 0 aliphatic heterocycles. The van der Waals surface area contributed by atoms with E-state index in [1.54, 1.807) is 24.3 Å². The van der Waals surface area contributed by atoms with E-state index in [9.17, 15) is 10.2 Å². The van der Waals surface area contributed by atoms with E-state index in [0.29, 0.717) is 5.75 Å². The Kier molecular flexibility index (Phi) is 3.77. The highest BCUT2D eigenvalue weighted by atomic mass is 16.5. The lowest BCUT2D eigenvalue weighted by molar-refractivity contribution is 0.0690. The molecule has 1 atom stereocenters. The summed E-state index contributed by atoms with van der Waals surface area (Å²) in [5.74, 6) is 0.663. The normalized spacial score (nSPS) is 12.9. The number of benzene rings is 1. The zero-order chi connectivity index (χ0) is 10.6. The third kappa shape index (κ3) is 2.92. The summed E-state index contributed by atoms with van der Waals surface area (Å²) < 4.78 is 5.26. The van der Waals surface area contributed by atoms with Gasteiger partial charge in [-0.15, -0.1) is 0 Å². The van der Waals surface area contributed by atoms with Crippen LogP contribution >= 0.6 is 0 Å². The molecule has 1 aromatic rings. The fraction of sp³-hybridized carbons (Fsp3) is 0.455. The minimum absolute atomic E-state index is 0.100. The maximum absolute atomic E-state index is 9.47. The van der Waals surface area contributed by atoms with Crippen molar-refractivity contribution in [2.45, 2.75) is 20.0 Å². The van der Waals surface area contributed by atoms with Crippen LogP contribution in [-0.4, -0.2) is 22.9 Å². The molecular weight excluding hydrogens is 180 g/mol. The highest BCUT2D eigenvalue weighted by Crippen LogP contribution is 2.24. The minimum Gasteiger partial charge on any atom is -0.504 e. The molecule has 1 rings (SSSR count). The van der Waals surface area contributed by atoms with Gasteiger partial charge in [0, 0.05) is 0 Å². The average Bonchev–Trinajstić information content (AvgIpc) is 2.16. The van der Waals surface area contributed by atoms with Crippen molar-refractivity contribution < 1.29 is 14.9 Å². The topological polar surface area (TPSA) is 49.7 Å². The smallest absolute Gasteiger partial charge is 0.161 e. The Labute approximate surface area is 84.0 Å². The molecule has 1 aromatic carbocycles. The predicted octanol–water partition coefficient (Wildman–Crippen LogP) is 1.79. The first kappa shape index (κ1) is 10.9. The van der Waals surface area contributed by atoms with Gasteiger partial charge >= 0.3 is 0 Å². The van der Waals surface area contributed by atoms with E-state index in [-0.39, 0.29) is 18.3 Å². The van der Waals surface area contributed by atoms with Gasteiger partial charge in [0.2, 0.25) is 0 Å². The van der Waals surface area contributed by atoms with Gasteiger partial charge < -0.3 is 14.9 Å². The van der Waals surface area contributed by atoms with E-state index in [2.05, 4.69) is 0 Å². The molecule has 14 heavy (non-hydrogen) atoms. The quantitative estimate of drug-likeness (QED) is 0.771. The highest BCUT2D eigenvalue weighted by Gasteiger charge is 2.10. The van der Waals surface area contributed by atoms with Crippen molar-refractivity contribution in [3.8, 4) is 11.5 Å². The number of phenolic OH excluding ortho intramolecular Hbond substituents is 1. The Hall–Kier alpha value is -1.22. The van der Waals surface area contributed by atoms with Crippen molar-refractivity contribution in [2.75, 3.05) is 6.61 Å². The van der Waals surface area contributed by atoms with Crippen LogP contribution in [0.1, 0.15) is 13.8 Å². The summed E-state index contributed by atoms with van der Waals surface area (Å²) in [5, 5.41) is 18.8. The SMILES string of the molecule is CC(C)C(O)COc1ccccc1O. The summed E-state index contributed by atoms with van der Waals surface area (Å²) in [7, 11) is 0. The lowest BCUT2D eigenvalue weighted by Crippen LogP contribution is -2.23. The van der Waals surface area contributed by atoms with E-state index in [0.717, 1.165) is 0 Å². The van der Waals surface area contributed by atoms with Crippen molar-refractivity contribution >= 4 is 0 Å². The van der Waals surface area contributed by atoms with Crippen molar-refractivity contribution in [1.82, 2.24) is 0 Å². The molecule has 0 radical (unpaired) electrons. The number of ether oxygens (including phenoxy) is 1. The Morgan fingerprint density at radius 2 is 1.93 bits per heavy atom. The van der Waals surface area contributed by atoms with E-state index < -0.39 is 6.10 Å². The molecule has 0 saturated carbocycles. The molecule has 3 nitrogen and oxygen atoms in total. The molecule has 0 saturated heterocycles. The molecule has 0 amide bonds. The minimum atomic E-state index is -0.505. The largest absolute Gasteiger partial charge is 0.504 e. The van der Waals surface area contributed by atoms with Gasteiger partial charge in [-0.2, -0.15) is 0 Å². The number of aliphatic hydroxyl groups excluding tert-OH is 1. The summed E-state index contributed by atoms with van der Waals surface area (Å²) in [5.41, 5.74) is 0. The number of hydrogen-bond donors (Lipinski definition) is 2. The second-order valence-corrected chi connectivity index (χ2v) is 3.59. The van der Waals surface area contributed by atoms with Gasteiger partial charge in [0.1, 0.15) is 6.61 Å². The number of rotatable bonds is 4. The van der Waals surface area contributed by atoms with Crippen LogP contribution in [0.5, 0.6) is 11.5 Å². The van der Waals surface area contributed by atoms with Crippen LogP contribution in [0.25, 0.3) is 0 Å². The number of aromatic hydroxyl groups is 1. The van der Waals surface area contributed by atoms with Crippen LogP contribution in [0.4, 0.5) is 0 Å². The summed E-state index contributed by atoms with van der Waals surface area (Å²) in [4.78, 5) is 0. The van der Waals surface area contributed by atoms with E-state index in [1.807, 2.05) is 13.8 Å². The number of aliphatic hydroxyl groups is 1. The van der Waals surface area contributed by atoms with Gasteiger partial charge in [0.15, 0.2) is 11.5 Å². The molecule has 0 bridgehead atoms. The fourth-order valence-electron chi connectivity index (χ4n) is 0.947. The van der Waals surface area contributed by atoms with Crippen LogP contribution < -0.4 is 4.74 Å². The van der Waals surface area contributed by atoms with Crippen molar-refractivity contribution in [3.63, 3.8) is 0 Å². The van der Waals surface area contributed by atoms with Crippen LogP contribution in [0.3, 0.4) is 0 Å². The number of phenols is 1.